The first-order valence-electron chi connectivity index (χ1n) is 9.18. The number of carboxylic acids is 1. The van der Waals surface area contributed by atoms with E-state index in [0.29, 0.717) is 35.1 Å². The highest BCUT2D eigenvalue weighted by Crippen LogP contribution is 2.37. The lowest BCUT2D eigenvalue weighted by atomic mass is 9.77. The van der Waals surface area contributed by atoms with Gasteiger partial charge in [0.25, 0.3) is 0 Å². The van der Waals surface area contributed by atoms with E-state index < -0.39 is 5.97 Å². The third-order valence-electron chi connectivity index (χ3n) is 5.22. The molecule has 5 heteroatoms. The second kappa shape index (κ2) is 8.50. The number of nitrogens with zero attached hydrogens (tertiary/aromatic N) is 1. The van der Waals surface area contributed by atoms with Gasteiger partial charge in [0, 0.05) is 12.1 Å². The fourth-order valence-electron chi connectivity index (χ4n) is 3.73. The average Bonchev–Trinajstić information content (AvgIpc) is 2.69. The topological polar surface area (TPSA) is 90.2 Å². The molecule has 0 saturated heterocycles. The molecule has 1 aliphatic carbocycles. The smallest absolute Gasteiger partial charge is 0.335 e. The van der Waals surface area contributed by atoms with Gasteiger partial charge in [0.15, 0.2) is 0 Å². The van der Waals surface area contributed by atoms with Gasteiger partial charge >= 0.3 is 5.97 Å². The molecule has 0 atom stereocenters. The van der Waals surface area contributed by atoms with Crippen molar-refractivity contribution < 1.29 is 14.7 Å². The van der Waals surface area contributed by atoms with Gasteiger partial charge in [-0.3, -0.25) is 4.79 Å². The van der Waals surface area contributed by atoms with Gasteiger partial charge < -0.3 is 10.4 Å². The highest BCUT2D eigenvalue weighted by Gasteiger charge is 2.24. The fraction of sp³-hybridized carbons (Fsp3) is 0.318. The lowest BCUT2D eigenvalue weighted by Crippen LogP contribution is -2.20. The van der Waals surface area contributed by atoms with E-state index in [0.717, 1.165) is 31.2 Å². The predicted octanol–water partition coefficient (Wildman–Crippen LogP) is 4.56. The molecule has 0 unspecified atom stereocenters. The first-order valence-corrected chi connectivity index (χ1v) is 9.18. The van der Waals surface area contributed by atoms with E-state index in [2.05, 4.69) is 11.4 Å². The third-order valence-corrected chi connectivity index (χ3v) is 5.22. The second-order valence-corrected chi connectivity index (χ2v) is 7.09. The number of hydrogen-bond donors (Lipinski definition) is 2. The van der Waals surface area contributed by atoms with E-state index >= 15 is 0 Å². The van der Waals surface area contributed by atoms with Crippen LogP contribution in [0.3, 0.4) is 0 Å². The van der Waals surface area contributed by atoms with Gasteiger partial charge in [-0.25, -0.2) is 4.79 Å². The Morgan fingerprint density at radius 1 is 1.07 bits per heavy atom. The molecule has 1 fully saturated rings. The van der Waals surface area contributed by atoms with E-state index in [-0.39, 0.29) is 5.91 Å². The van der Waals surface area contributed by atoms with Crippen LogP contribution in [-0.4, -0.2) is 17.0 Å². The molecular formula is C22H22N2O3. The number of anilines is 1. The molecule has 5 nitrogen and oxygen atoms in total. The molecule has 0 radical (unpaired) electrons. The zero-order chi connectivity index (χ0) is 19.2. The van der Waals surface area contributed by atoms with Crippen molar-refractivity contribution in [2.24, 2.45) is 5.92 Å². The van der Waals surface area contributed by atoms with Gasteiger partial charge in [-0.15, -0.1) is 0 Å². The third kappa shape index (κ3) is 4.95. The first-order chi connectivity index (χ1) is 13.0. The van der Waals surface area contributed by atoms with Crippen molar-refractivity contribution in [1.82, 2.24) is 0 Å². The Labute approximate surface area is 158 Å². The summed E-state index contributed by atoms with van der Waals surface area (Å²) >= 11 is 0. The van der Waals surface area contributed by atoms with Crippen LogP contribution in [0.15, 0.2) is 48.5 Å². The monoisotopic (exact) mass is 362 g/mol. The summed E-state index contributed by atoms with van der Waals surface area (Å²) in [6.07, 6.45) is 4.35. The molecule has 0 bridgehead atoms. The van der Waals surface area contributed by atoms with Crippen molar-refractivity contribution in [2.45, 2.75) is 38.0 Å². The number of hydrogen-bond acceptors (Lipinski definition) is 3. The molecule has 138 valence electrons. The van der Waals surface area contributed by atoms with Crippen LogP contribution < -0.4 is 5.32 Å². The van der Waals surface area contributed by atoms with Crippen molar-refractivity contribution in [2.75, 3.05) is 5.32 Å². The summed E-state index contributed by atoms with van der Waals surface area (Å²) in [5.41, 5.74) is 2.68. The summed E-state index contributed by atoms with van der Waals surface area (Å²) in [4.78, 5) is 23.4. The molecule has 0 aliphatic heterocycles. The van der Waals surface area contributed by atoms with Crippen LogP contribution in [0, 0.1) is 17.2 Å². The molecule has 0 heterocycles. The summed E-state index contributed by atoms with van der Waals surface area (Å²) < 4.78 is 0. The molecule has 0 aromatic heterocycles. The Hall–Kier alpha value is -3.13. The molecule has 2 N–H and O–H groups in total. The molecule has 1 saturated carbocycles. The Morgan fingerprint density at radius 3 is 2.41 bits per heavy atom. The molecule has 0 spiro atoms. The molecule has 27 heavy (non-hydrogen) atoms. The molecule has 2 aromatic carbocycles. The summed E-state index contributed by atoms with van der Waals surface area (Å²) in [5, 5.41) is 20.8. The standard InChI is InChI=1S/C22H22N2O3/c23-14-16-6-10-20(11-7-16)24-21(25)12-15-4-8-17(9-5-15)18-2-1-3-19(13-18)22(26)27/h1-3,6-7,10-11,13,15,17H,4-5,8-9,12H2,(H,24,25)(H,26,27)/t15-,17-. The minimum atomic E-state index is -0.898. The maximum Gasteiger partial charge on any atom is 0.335 e. The zero-order valence-corrected chi connectivity index (χ0v) is 15.0. The largest absolute Gasteiger partial charge is 0.478 e. The van der Waals surface area contributed by atoms with Gasteiger partial charge in [-0.05, 0) is 79.5 Å². The van der Waals surface area contributed by atoms with Crippen molar-refractivity contribution in [3.63, 3.8) is 0 Å². The number of benzene rings is 2. The van der Waals surface area contributed by atoms with E-state index in [1.54, 1.807) is 42.5 Å². The number of carboxylic acid groups (broad SMARTS) is 1. The van der Waals surface area contributed by atoms with Gasteiger partial charge in [0.1, 0.15) is 0 Å². The van der Waals surface area contributed by atoms with Crippen molar-refractivity contribution in [3.8, 4) is 6.07 Å². The predicted molar refractivity (Wildman–Crippen MR) is 103 cm³/mol. The number of amides is 1. The number of carbonyl (C=O) groups excluding carboxylic acids is 1. The number of aromatic carboxylic acids is 1. The lowest BCUT2D eigenvalue weighted by molar-refractivity contribution is -0.117. The first kappa shape index (κ1) is 18.7. The van der Waals surface area contributed by atoms with Crippen LogP contribution in [-0.2, 0) is 4.79 Å². The van der Waals surface area contributed by atoms with Crippen molar-refractivity contribution in [3.05, 3.63) is 65.2 Å². The zero-order valence-electron chi connectivity index (χ0n) is 15.0. The molecule has 1 aliphatic rings. The van der Waals surface area contributed by atoms with E-state index in [4.69, 9.17) is 10.4 Å². The Balaban J connectivity index is 1.50. The maximum absolute atomic E-state index is 12.3. The number of nitriles is 1. The summed E-state index contributed by atoms with van der Waals surface area (Å²) in [6, 6.07) is 16.1. The van der Waals surface area contributed by atoms with Crippen molar-refractivity contribution in [1.29, 1.82) is 5.26 Å². The van der Waals surface area contributed by atoms with Crippen LogP contribution in [0.25, 0.3) is 0 Å². The van der Waals surface area contributed by atoms with Crippen LogP contribution in [0.2, 0.25) is 0 Å². The van der Waals surface area contributed by atoms with E-state index in [1.165, 1.54) is 0 Å². The summed E-state index contributed by atoms with van der Waals surface area (Å²) in [6.45, 7) is 0. The SMILES string of the molecule is N#Cc1ccc(NC(=O)C[C@H]2CC[C@H](c3cccc(C(=O)O)c3)CC2)cc1. The quantitative estimate of drug-likeness (QED) is 0.816. The minimum Gasteiger partial charge on any atom is -0.478 e. The summed E-state index contributed by atoms with van der Waals surface area (Å²) in [7, 11) is 0. The van der Waals surface area contributed by atoms with Crippen LogP contribution in [0.5, 0.6) is 0 Å². The molecule has 2 aromatic rings. The highest BCUT2D eigenvalue weighted by molar-refractivity contribution is 5.91. The van der Waals surface area contributed by atoms with Crippen LogP contribution in [0.4, 0.5) is 5.69 Å². The number of carbonyl (C=O) groups is 2. The Kier molecular flexibility index (Phi) is 5.87. The van der Waals surface area contributed by atoms with Gasteiger partial charge in [-0.2, -0.15) is 5.26 Å². The lowest BCUT2D eigenvalue weighted by Gasteiger charge is -2.28. The normalized spacial score (nSPS) is 19.1. The van der Waals surface area contributed by atoms with Gasteiger partial charge in [0.05, 0.1) is 17.2 Å². The maximum atomic E-state index is 12.3. The number of nitrogens with one attached hydrogen (secondary N) is 1. The Bertz CT molecular complexity index is 860. The molecule has 1 amide bonds. The van der Waals surface area contributed by atoms with Gasteiger partial charge in [0.2, 0.25) is 5.91 Å². The van der Waals surface area contributed by atoms with E-state index in [9.17, 15) is 9.59 Å². The molecular weight excluding hydrogens is 340 g/mol. The van der Waals surface area contributed by atoms with Crippen molar-refractivity contribution >= 4 is 17.6 Å². The summed E-state index contributed by atoms with van der Waals surface area (Å²) in [5.74, 6) is -0.189. The minimum absolute atomic E-state index is 0.00367. The van der Waals surface area contributed by atoms with E-state index in [1.807, 2.05) is 6.07 Å². The van der Waals surface area contributed by atoms with Crippen LogP contribution in [0.1, 0.15) is 59.5 Å². The average molecular weight is 362 g/mol. The fourth-order valence-corrected chi connectivity index (χ4v) is 3.73. The second-order valence-electron chi connectivity index (χ2n) is 7.09. The Morgan fingerprint density at radius 2 is 1.78 bits per heavy atom. The molecule has 3 rings (SSSR count). The van der Waals surface area contributed by atoms with Gasteiger partial charge in [-0.1, -0.05) is 12.1 Å². The highest BCUT2D eigenvalue weighted by atomic mass is 16.4. The van der Waals surface area contributed by atoms with Crippen LogP contribution >= 0.6 is 0 Å². The number of rotatable bonds is 5.